The normalized spacial score (nSPS) is 12.1. The summed E-state index contributed by atoms with van der Waals surface area (Å²) in [6.45, 7) is 1.93. The quantitative estimate of drug-likeness (QED) is 0.869. The summed E-state index contributed by atoms with van der Waals surface area (Å²) in [6.07, 6.45) is 2.80. The molecule has 1 unspecified atom stereocenters. The first kappa shape index (κ1) is 12.2. The summed E-state index contributed by atoms with van der Waals surface area (Å²) in [5.74, 6) is 0.760. The summed E-state index contributed by atoms with van der Waals surface area (Å²) in [7, 11) is 0. The first-order valence-corrected chi connectivity index (χ1v) is 5.49. The van der Waals surface area contributed by atoms with Crippen LogP contribution in [0.2, 0.25) is 0 Å². The Morgan fingerprint density at radius 1 is 1.56 bits per heavy atom. The number of hydrogen-bond donors (Lipinski definition) is 1. The number of rotatable bonds is 4. The lowest BCUT2D eigenvalue weighted by Gasteiger charge is -2.00. The molecule has 0 aliphatic carbocycles. The third-order valence-electron chi connectivity index (χ3n) is 2.49. The average Bonchev–Trinajstić information content (AvgIpc) is 2.78. The molecular formula is C12H12N4O2. The molecule has 0 bridgehead atoms. The van der Waals surface area contributed by atoms with Gasteiger partial charge in [0.2, 0.25) is 11.7 Å². The molecule has 0 saturated heterocycles. The van der Waals surface area contributed by atoms with Gasteiger partial charge >= 0.3 is 0 Å². The van der Waals surface area contributed by atoms with E-state index >= 15 is 0 Å². The van der Waals surface area contributed by atoms with Gasteiger partial charge in [0.15, 0.2) is 0 Å². The van der Waals surface area contributed by atoms with Crippen LogP contribution in [0.1, 0.15) is 17.9 Å². The van der Waals surface area contributed by atoms with Crippen LogP contribution in [0.4, 0.5) is 0 Å². The molecule has 0 aliphatic heterocycles. The van der Waals surface area contributed by atoms with E-state index in [1.165, 1.54) is 0 Å². The molecule has 0 spiro atoms. The Balaban J connectivity index is 2.16. The molecule has 1 atom stereocenters. The molecule has 2 rings (SSSR count). The van der Waals surface area contributed by atoms with Gasteiger partial charge in [-0.1, -0.05) is 5.16 Å². The number of aliphatic hydroxyl groups excluding tert-OH is 1. The molecule has 6 nitrogen and oxygen atoms in total. The van der Waals surface area contributed by atoms with Crippen molar-refractivity contribution in [3.8, 4) is 17.5 Å². The SMILES string of the molecule is Cc1ccncc1-c1noc(CC(O)CC#N)n1. The Bertz CT molecular complexity index is 573. The lowest BCUT2D eigenvalue weighted by atomic mass is 10.1. The predicted molar refractivity (Wildman–Crippen MR) is 62.2 cm³/mol. The third kappa shape index (κ3) is 2.70. The zero-order valence-electron chi connectivity index (χ0n) is 9.87. The molecule has 0 saturated carbocycles. The molecule has 18 heavy (non-hydrogen) atoms. The Labute approximate surface area is 104 Å². The van der Waals surface area contributed by atoms with Crippen molar-refractivity contribution in [3.05, 3.63) is 29.9 Å². The van der Waals surface area contributed by atoms with Gasteiger partial charge in [0.1, 0.15) is 0 Å². The summed E-state index contributed by atoms with van der Waals surface area (Å²) >= 11 is 0. The standard InChI is InChI=1S/C12H12N4O2/c1-8-3-5-14-7-10(8)12-15-11(18-16-12)6-9(17)2-4-13/h3,5,7,9,17H,2,6H2,1H3. The minimum atomic E-state index is -0.779. The van der Waals surface area contributed by atoms with Gasteiger partial charge in [-0.25, -0.2) is 0 Å². The summed E-state index contributed by atoms with van der Waals surface area (Å²) in [6, 6.07) is 3.74. The number of aryl methyl sites for hydroxylation is 1. The van der Waals surface area contributed by atoms with Crippen molar-refractivity contribution in [1.29, 1.82) is 5.26 Å². The van der Waals surface area contributed by atoms with Crippen LogP contribution >= 0.6 is 0 Å². The van der Waals surface area contributed by atoms with E-state index in [1.807, 2.05) is 19.1 Å². The van der Waals surface area contributed by atoms with Gasteiger partial charge < -0.3 is 9.63 Å². The van der Waals surface area contributed by atoms with Gasteiger partial charge in [0.05, 0.1) is 25.0 Å². The maximum absolute atomic E-state index is 9.47. The van der Waals surface area contributed by atoms with Crippen LogP contribution in [0.5, 0.6) is 0 Å². The van der Waals surface area contributed by atoms with E-state index < -0.39 is 6.10 Å². The number of pyridine rings is 1. The number of aliphatic hydroxyl groups is 1. The summed E-state index contributed by atoms with van der Waals surface area (Å²) < 4.78 is 5.03. The second-order valence-electron chi connectivity index (χ2n) is 3.92. The molecule has 2 heterocycles. The van der Waals surface area contributed by atoms with Crippen LogP contribution in [0.25, 0.3) is 11.4 Å². The topological polar surface area (TPSA) is 95.8 Å². The highest BCUT2D eigenvalue weighted by Crippen LogP contribution is 2.19. The van der Waals surface area contributed by atoms with Crippen LogP contribution in [-0.2, 0) is 6.42 Å². The fourth-order valence-electron chi connectivity index (χ4n) is 1.52. The van der Waals surface area contributed by atoms with Gasteiger partial charge in [-0.3, -0.25) is 4.98 Å². The monoisotopic (exact) mass is 244 g/mol. The Hall–Kier alpha value is -2.26. The molecule has 2 aromatic rings. The van der Waals surface area contributed by atoms with Gasteiger partial charge in [-0.15, -0.1) is 0 Å². The van der Waals surface area contributed by atoms with E-state index in [9.17, 15) is 5.11 Å². The zero-order valence-corrected chi connectivity index (χ0v) is 9.87. The van der Waals surface area contributed by atoms with Gasteiger partial charge in [0, 0.05) is 18.0 Å². The summed E-state index contributed by atoms with van der Waals surface area (Å²) in [5.41, 5.74) is 1.79. The average molecular weight is 244 g/mol. The Morgan fingerprint density at radius 2 is 2.39 bits per heavy atom. The molecule has 0 aliphatic rings. The number of hydrogen-bond acceptors (Lipinski definition) is 6. The van der Waals surface area contributed by atoms with Crippen molar-refractivity contribution < 1.29 is 9.63 Å². The van der Waals surface area contributed by atoms with Gasteiger partial charge in [-0.05, 0) is 18.6 Å². The van der Waals surface area contributed by atoms with Gasteiger partial charge in [0.25, 0.3) is 0 Å². The van der Waals surface area contributed by atoms with Crippen LogP contribution in [0, 0.1) is 18.3 Å². The molecule has 0 amide bonds. The maximum Gasteiger partial charge on any atom is 0.229 e. The summed E-state index contributed by atoms with van der Waals surface area (Å²) in [4.78, 5) is 8.18. The summed E-state index contributed by atoms with van der Waals surface area (Å²) in [5, 5.41) is 21.8. The molecule has 0 aromatic carbocycles. The van der Waals surface area contributed by atoms with E-state index in [0.717, 1.165) is 11.1 Å². The van der Waals surface area contributed by atoms with Crippen LogP contribution < -0.4 is 0 Å². The van der Waals surface area contributed by atoms with Crippen LogP contribution in [-0.4, -0.2) is 26.3 Å². The fourth-order valence-corrected chi connectivity index (χ4v) is 1.52. The molecule has 1 N–H and O–H groups in total. The Morgan fingerprint density at radius 3 is 3.11 bits per heavy atom. The zero-order chi connectivity index (χ0) is 13.0. The molecular weight excluding hydrogens is 232 g/mol. The van der Waals surface area contributed by atoms with Crippen molar-refractivity contribution in [2.45, 2.75) is 25.9 Å². The lowest BCUT2D eigenvalue weighted by Crippen LogP contribution is -2.09. The molecule has 92 valence electrons. The lowest BCUT2D eigenvalue weighted by molar-refractivity contribution is 0.167. The second-order valence-corrected chi connectivity index (χ2v) is 3.92. The van der Waals surface area contributed by atoms with Crippen molar-refractivity contribution in [1.82, 2.24) is 15.1 Å². The first-order chi connectivity index (χ1) is 8.70. The van der Waals surface area contributed by atoms with E-state index in [4.69, 9.17) is 9.78 Å². The first-order valence-electron chi connectivity index (χ1n) is 5.49. The van der Waals surface area contributed by atoms with Crippen molar-refractivity contribution in [2.24, 2.45) is 0 Å². The largest absolute Gasteiger partial charge is 0.392 e. The number of aromatic nitrogens is 3. The minimum Gasteiger partial charge on any atom is -0.392 e. The van der Waals surface area contributed by atoms with Crippen molar-refractivity contribution >= 4 is 0 Å². The van der Waals surface area contributed by atoms with E-state index in [-0.39, 0.29) is 12.8 Å². The smallest absolute Gasteiger partial charge is 0.229 e. The maximum atomic E-state index is 9.47. The Kier molecular flexibility index (Phi) is 3.65. The predicted octanol–water partition coefficient (Wildman–Crippen LogP) is 1.26. The highest BCUT2D eigenvalue weighted by Gasteiger charge is 2.14. The molecule has 0 fully saturated rings. The van der Waals surface area contributed by atoms with Crippen molar-refractivity contribution in [2.75, 3.05) is 0 Å². The highest BCUT2D eigenvalue weighted by atomic mass is 16.5. The van der Waals surface area contributed by atoms with Gasteiger partial charge in [-0.2, -0.15) is 10.2 Å². The molecule has 6 heteroatoms. The van der Waals surface area contributed by atoms with Crippen LogP contribution in [0.15, 0.2) is 23.0 Å². The van der Waals surface area contributed by atoms with E-state index in [1.54, 1.807) is 12.4 Å². The minimum absolute atomic E-state index is 0.0453. The highest BCUT2D eigenvalue weighted by molar-refractivity contribution is 5.57. The number of nitriles is 1. The fraction of sp³-hybridized carbons (Fsp3) is 0.333. The van der Waals surface area contributed by atoms with Crippen molar-refractivity contribution in [3.63, 3.8) is 0 Å². The number of nitrogens with zero attached hydrogens (tertiary/aromatic N) is 4. The van der Waals surface area contributed by atoms with E-state index in [0.29, 0.717) is 11.7 Å². The van der Waals surface area contributed by atoms with Crippen LogP contribution in [0.3, 0.4) is 0 Å². The third-order valence-corrected chi connectivity index (χ3v) is 2.49. The second kappa shape index (κ2) is 5.38. The van der Waals surface area contributed by atoms with E-state index in [2.05, 4.69) is 15.1 Å². The molecule has 0 radical (unpaired) electrons. The molecule has 2 aromatic heterocycles.